The van der Waals surface area contributed by atoms with Crippen LogP contribution in [0.15, 0.2) is 101 Å². The molecule has 0 spiro atoms. The summed E-state index contributed by atoms with van der Waals surface area (Å²) >= 11 is 2.13. The lowest BCUT2D eigenvalue weighted by molar-refractivity contribution is -0.384. The van der Waals surface area contributed by atoms with E-state index < -0.39 is 4.92 Å². The minimum absolute atomic E-state index is 0.00221. The Morgan fingerprint density at radius 3 is 2.56 bits per heavy atom. The highest BCUT2D eigenvalue weighted by Crippen LogP contribution is 2.34. The Hall–Kier alpha value is -4.58. The molecule has 0 aliphatic heterocycles. The van der Waals surface area contributed by atoms with Gasteiger partial charge in [0.05, 0.1) is 32.7 Å². The number of hydrogen-bond donors (Lipinski definition) is 0. The number of aromatic nitrogens is 2. The minimum Gasteiger partial charge on any atom is -0.493 e. The summed E-state index contributed by atoms with van der Waals surface area (Å²) in [6.45, 7) is 0.125. The normalized spacial score (nSPS) is 11.1. The zero-order valence-corrected chi connectivity index (χ0v) is 22.8. The third kappa shape index (κ3) is 5.65. The SMILES string of the molecule is COc1cc(C=Nn2c(-c3ccccc3)nc3ccccc3c2=O)cc(I)c1OCc1cccc([N+](=O)[O-])c1. The zero-order chi connectivity index (χ0) is 27.4. The molecular formula is C29H21IN4O5. The molecule has 0 aliphatic rings. The highest BCUT2D eigenvalue weighted by Gasteiger charge is 2.15. The van der Waals surface area contributed by atoms with Gasteiger partial charge in [-0.2, -0.15) is 9.78 Å². The summed E-state index contributed by atoms with van der Waals surface area (Å²) in [5.74, 6) is 1.38. The second-order valence-electron chi connectivity index (χ2n) is 8.43. The first-order valence-corrected chi connectivity index (χ1v) is 12.9. The Morgan fingerprint density at radius 2 is 1.79 bits per heavy atom. The monoisotopic (exact) mass is 632 g/mol. The van der Waals surface area contributed by atoms with Crippen molar-refractivity contribution in [1.29, 1.82) is 0 Å². The van der Waals surface area contributed by atoms with Crippen molar-refractivity contribution >= 4 is 45.4 Å². The van der Waals surface area contributed by atoms with Gasteiger partial charge in [-0.15, -0.1) is 0 Å². The average Bonchev–Trinajstić information content (AvgIpc) is 2.96. The van der Waals surface area contributed by atoms with E-state index in [0.29, 0.717) is 39.4 Å². The molecule has 194 valence electrons. The van der Waals surface area contributed by atoms with Gasteiger partial charge in [0.2, 0.25) is 0 Å². The van der Waals surface area contributed by atoms with E-state index in [0.717, 1.165) is 9.13 Å². The van der Waals surface area contributed by atoms with Gasteiger partial charge in [0.15, 0.2) is 17.3 Å². The van der Waals surface area contributed by atoms with Crippen LogP contribution in [0.2, 0.25) is 0 Å². The molecule has 1 aromatic heterocycles. The van der Waals surface area contributed by atoms with Crippen molar-refractivity contribution in [3.05, 3.63) is 126 Å². The maximum atomic E-state index is 13.4. The molecule has 0 radical (unpaired) electrons. The Morgan fingerprint density at radius 1 is 1.03 bits per heavy atom. The number of benzene rings is 4. The summed E-state index contributed by atoms with van der Waals surface area (Å²) in [7, 11) is 1.53. The van der Waals surface area contributed by atoms with E-state index in [1.54, 1.807) is 42.6 Å². The molecule has 39 heavy (non-hydrogen) atoms. The fourth-order valence-corrected chi connectivity index (χ4v) is 4.78. The van der Waals surface area contributed by atoms with Crippen LogP contribution >= 0.6 is 22.6 Å². The molecule has 0 atom stereocenters. The largest absolute Gasteiger partial charge is 0.493 e. The molecule has 0 amide bonds. The van der Waals surface area contributed by atoms with Gasteiger partial charge >= 0.3 is 0 Å². The number of methoxy groups -OCH3 is 1. The second kappa shape index (κ2) is 11.4. The van der Waals surface area contributed by atoms with Gasteiger partial charge in [0, 0.05) is 17.7 Å². The van der Waals surface area contributed by atoms with Crippen molar-refractivity contribution in [2.24, 2.45) is 5.10 Å². The number of non-ortho nitro benzene ring substituents is 1. The number of para-hydroxylation sites is 1. The van der Waals surface area contributed by atoms with Crippen molar-refractivity contribution in [3.8, 4) is 22.9 Å². The average molecular weight is 632 g/mol. The molecule has 4 aromatic carbocycles. The number of fused-ring (bicyclic) bond motifs is 1. The Kier molecular flexibility index (Phi) is 7.64. The topological polar surface area (TPSA) is 109 Å². The summed E-state index contributed by atoms with van der Waals surface area (Å²) in [5, 5.41) is 16.1. The van der Waals surface area contributed by atoms with Crippen LogP contribution in [0.4, 0.5) is 5.69 Å². The zero-order valence-electron chi connectivity index (χ0n) is 20.7. The van der Waals surface area contributed by atoms with E-state index >= 15 is 0 Å². The molecule has 0 N–H and O–H groups in total. The lowest BCUT2D eigenvalue weighted by atomic mass is 10.2. The van der Waals surface area contributed by atoms with Crippen molar-refractivity contribution in [2.75, 3.05) is 7.11 Å². The van der Waals surface area contributed by atoms with Crippen molar-refractivity contribution < 1.29 is 14.4 Å². The molecule has 1 heterocycles. The lowest BCUT2D eigenvalue weighted by Gasteiger charge is -2.14. The second-order valence-corrected chi connectivity index (χ2v) is 9.59. The predicted molar refractivity (Wildman–Crippen MR) is 158 cm³/mol. The first-order valence-electron chi connectivity index (χ1n) is 11.8. The van der Waals surface area contributed by atoms with Gasteiger partial charge in [-0.25, -0.2) is 4.98 Å². The Balaban J connectivity index is 1.49. The molecule has 0 fully saturated rings. The van der Waals surface area contributed by atoms with Gasteiger partial charge in [0.1, 0.15) is 6.61 Å². The summed E-state index contributed by atoms with van der Waals surface area (Å²) in [5.41, 5.74) is 2.40. The van der Waals surface area contributed by atoms with Crippen molar-refractivity contribution in [3.63, 3.8) is 0 Å². The van der Waals surface area contributed by atoms with Gasteiger partial charge in [-0.05, 0) is 58.0 Å². The van der Waals surface area contributed by atoms with Crippen LogP contribution in [0, 0.1) is 13.7 Å². The van der Waals surface area contributed by atoms with Crippen LogP contribution in [0.25, 0.3) is 22.3 Å². The van der Waals surface area contributed by atoms with E-state index in [9.17, 15) is 14.9 Å². The van der Waals surface area contributed by atoms with Gasteiger partial charge in [-0.1, -0.05) is 54.6 Å². The number of rotatable bonds is 8. The Labute approximate surface area is 236 Å². The number of hydrogen-bond acceptors (Lipinski definition) is 7. The molecule has 0 aliphatic carbocycles. The smallest absolute Gasteiger partial charge is 0.282 e. The molecule has 0 bridgehead atoms. The quantitative estimate of drug-likeness (QED) is 0.0893. The van der Waals surface area contributed by atoms with Crippen LogP contribution in [0.3, 0.4) is 0 Å². The summed E-state index contributed by atoms with van der Waals surface area (Å²) in [6, 6.07) is 26.4. The summed E-state index contributed by atoms with van der Waals surface area (Å²) in [4.78, 5) is 28.7. The maximum Gasteiger partial charge on any atom is 0.282 e. The minimum atomic E-state index is -0.443. The van der Waals surface area contributed by atoms with E-state index in [4.69, 9.17) is 14.5 Å². The number of nitrogens with zero attached hydrogens (tertiary/aromatic N) is 4. The fourth-order valence-electron chi connectivity index (χ4n) is 4.00. The molecule has 5 rings (SSSR count). The number of nitro benzene ring substituents is 1. The van der Waals surface area contributed by atoms with Crippen LogP contribution in [0.5, 0.6) is 11.5 Å². The molecule has 10 heteroatoms. The molecular weight excluding hydrogens is 611 g/mol. The molecule has 0 saturated carbocycles. The fraction of sp³-hybridized carbons (Fsp3) is 0.0690. The molecule has 9 nitrogen and oxygen atoms in total. The number of nitro groups is 1. The van der Waals surface area contributed by atoms with Gasteiger partial charge < -0.3 is 9.47 Å². The Bertz CT molecular complexity index is 1770. The first kappa shape index (κ1) is 26.0. The number of halogens is 1. The highest BCUT2D eigenvalue weighted by atomic mass is 127. The number of ether oxygens (including phenoxy) is 2. The van der Waals surface area contributed by atoms with E-state index in [1.807, 2.05) is 42.5 Å². The van der Waals surface area contributed by atoms with Crippen molar-refractivity contribution in [2.45, 2.75) is 6.61 Å². The molecule has 5 aromatic rings. The predicted octanol–water partition coefficient (Wildman–Crippen LogP) is 6.05. The third-order valence-corrected chi connectivity index (χ3v) is 6.67. The van der Waals surface area contributed by atoms with E-state index in [2.05, 4.69) is 27.7 Å². The van der Waals surface area contributed by atoms with Crippen LogP contribution in [-0.4, -0.2) is 27.9 Å². The van der Waals surface area contributed by atoms with Crippen molar-refractivity contribution in [1.82, 2.24) is 9.66 Å². The molecule has 0 saturated heterocycles. The lowest BCUT2D eigenvalue weighted by Crippen LogP contribution is -2.20. The standard InChI is InChI=1S/C29H21IN4O5/c1-38-26-16-20(15-24(30)27(26)39-18-19-8-7-11-22(14-19)34(36)37)17-31-33-28(21-9-3-2-4-10-21)32-25-13-6-5-12-23(25)29(33)35/h2-17H,18H2,1H3. The van der Waals surface area contributed by atoms with Crippen LogP contribution in [0.1, 0.15) is 11.1 Å². The van der Waals surface area contributed by atoms with E-state index in [1.165, 1.54) is 23.9 Å². The van der Waals surface area contributed by atoms with E-state index in [-0.39, 0.29) is 17.9 Å². The summed E-state index contributed by atoms with van der Waals surface area (Å²) < 4.78 is 13.6. The summed E-state index contributed by atoms with van der Waals surface area (Å²) in [6.07, 6.45) is 1.57. The van der Waals surface area contributed by atoms with Crippen LogP contribution in [-0.2, 0) is 6.61 Å². The molecule has 0 unspecified atom stereocenters. The van der Waals surface area contributed by atoms with Gasteiger partial charge in [0.25, 0.3) is 11.2 Å². The third-order valence-electron chi connectivity index (χ3n) is 5.86. The highest BCUT2D eigenvalue weighted by molar-refractivity contribution is 14.1. The van der Waals surface area contributed by atoms with Crippen LogP contribution < -0.4 is 15.0 Å². The maximum absolute atomic E-state index is 13.4. The van der Waals surface area contributed by atoms with Gasteiger partial charge in [-0.3, -0.25) is 14.9 Å². The first-order chi connectivity index (χ1) is 18.9.